The minimum Gasteiger partial charge on any atom is -0.369 e. The van der Waals surface area contributed by atoms with Gasteiger partial charge in [0.05, 0.1) is 11.2 Å². The van der Waals surface area contributed by atoms with E-state index in [2.05, 4.69) is 22.9 Å². The quantitative estimate of drug-likeness (QED) is 0.407. The molecule has 0 aliphatic carbocycles. The van der Waals surface area contributed by atoms with Crippen LogP contribution in [0.3, 0.4) is 0 Å². The lowest BCUT2D eigenvalue weighted by Gasteiger charge is -2.17. The Morgan fingerprint density at radius 2 is 1.59 bits per heavy atom. The third kappa shape index (κ3) is 5.40. The van der Waals surface area contributed by atoms with Crippen LogP contribution in [0.5, 0.6) is 0 Å². The van der Waals surface area contributed by atoms with E-state index < -0.39 is 23.0 Å². The van der Waals surface area contributed by atoms with Gasteiger partial charge in [-0.15, -0.1) is 6.42 Å². The SMILES string of the molecule is C.C#CC1(O)C(=O)N(C)CC1C.CC1CN(C)C(=O)C1(O)C#Cc1cccc(-n2nc(C(N)=O)c3ccccc32)c1. The van der Waals surface area contributed by atoms with E-state index in [0.29, 0.717) is 29.7 Å². The number of nitrogens with two attached hydrogens (primary N) is 1. The number of benzene rings is 2. The van der Waals surface area contributed by atoms with E-state index in [1.165, 1.54) is 9.80 Å². The summed E-state index contributed by atoms with van der Waals surface area (Å²) in [6.07, 6.45) is 5.06. The molecular weight excluding hydrogens is 522 g/mol. The smallest absolute Gasteiger partial charge is 0.269 e. The second-order valence-corrected chi connectivity index (χ2v) is 10.3. The molecule has 10 heteroatoms. The van der Waals surface area contributed by atoms with Crippen molar-refractivity contribution in [2.45, 2.75) is 32.5 Å². The minimum absolute atomic E-state index is 0. The van der Waals surface area contributed by atoms with Gasteiger partial charge in [0.15, 0.2) is 5.69 Å². The van der Waals surface area contributed by atoms with Gasteiger partial charge in [-0.3, -0.25) is 14.4 Å². The summed E-state index contributed by atoms with van der Waals surface area (Å²) in [6, 6.07) is 14.5. The lowest BCUT2D eigenvalue weighted by molar-refractivity contribution is -0.139. The van der Waals surface area contributed by atoms with Crippen molar-refractivity contribution >= 4 is 28.6 Å². The number of rotatable bonds is 2. The molecule has 10 nitrogen and oxygen atoms in total. The average Bonchev–Trinajstić information content (AvgIpc) is 3.49. The Balaban J connectivity index is 0.000000326. The van der Waals surface area contributed by atoms with E-state index >= 15 is 0 Å². The number of likely N-dealkylation sites (tertiary alicyclic amines) is 2. The highest BCUT2D eigenvalue weighted by Crippen LogP contribution is 2.28. The predicted octanol–water partition coefficient (Wildman–Crippen LogP) is 1.41. The fourth-order valence-corrected chi connectivity index (χ4v) is 4.96. The highest BCUT2D eigenvalue weighted by molar-refractivity contribution is 6.04. The predicted molar refractivity (Wildman–Crippen MR) is 156 cm³/mol. The Hall–Kier alpha value is -4.64. The largest absolute Gasteiger partial charge is 0.369 e. The third-order valence-corrected chi connectivity index (χ3v) is 7.40. The standard InChI is InChI=1S/C22H20N4O3.C8H11NO2.CH4/c1-14-13-25(2)21(28)22(14,29)11-10-15-6-5-7-16(12-15)26-18-9-4-3-8-17(18)19(24-26)20(23)27;1-4-8(11)6(2)5-9(3)7(8)10;/h3-9,12,14,29H,13H2,1-2H3,(H2,23,27);1,6,11H,5H2,2-3H3;1H4. The molecule has 214 valence electrons. The number of primary amides is 1. The molecule has 4 N–H and O–H groups in total. The van der Waals surface area contributed by atoms with E-state index in [-0.39, 0.29) is 30.9 Å². The molecule has 1 aromatic heterocycles. The number of hydrogen-bond donors (Lipinski definition) is 3. The number of hydrogen-bond acceptors (Lipinski definition) is 6. The summed E-state index contributed by atoms with van der Waals surface area (Å²) >= 11 is 0. The van der Waals surface area contributed by atoms with E-state index in [4.69, 9.17) is 12.2 Å². The summed E-state index contributed by atoms with van der Waals surface area (Å²) in [7, 11) is 3.28. The first-order valence-corrected chi connectivity index (χ1v) is 12.7. The van der Waals surface area contributed by atoms with E-state index in [1.54, 1.807) is 56.9 Å². The zero-order chi connectivity index (χ0) is 29.4. The van der Waals surface area contributed by atoms with Crippen molar-refractivity contribution in [3.05, 3.63) is 59.8 Å². The van der Waals surface area contributed by atoms with Gasteiger partial charge in [0.25, 0.3) is 17.7 Å². The lowest BCUT2D eigenvalue weighted by atomic mass is 9.92. The molecule has 0 radical (unpaired) electrons. The Kier molecular flexibility index (Phi) is 8.63. The third-order valence-electron chi connectivity index (χ3n) is 7.40. The molecular formula is C31H35N5O5. The summed E-state index contributed by atoms with van der Waals surface area (Å²) in [5.41, 5.74) is 4.46. The molecule has 0 spiro atoms. The average molecular weight is 558 g/mol. The zero-order valence-corrected chi connectivity index (χ0v) is 22.8. The summed E-state index contributed by atoms with van der Waals surface area (Å²) < 4.78 is 1.63. The molecule has 3 aromatic rings. The van der Waals surface area contributed by atoms with Gasteiger partial charge >= 0.3 is 0 Å². The first kappa shape index (κ1) is 30.9. The lowest BCUT2D eigenvalue weighted by Crippen LogP contribution is -2.40. The fourth-order valence-electron chi connectivity index (χ4n) is 4.96. The van der Waals surface area contributed by atoms with Crippen molar-refractivity contribution < 1.29 is 24.6 Å². The number of carbonyl (C=O) groups excluding carboxylic acids is 3. The highest BCUT2D eigenvalue weighted by Gasteiger charge is 2.49. The van der Waals surface area contributed by atoms with Crippen molar-refractivity contribution in [3.8, 4) is 29.9 Å². The van der Waals surface area contributed by atoms with Crippen molar-refractivity contribution in [2.24, 2.45) is 17.6 Å². The number of aliphatic hydroxyl groups is 2. The molecule has 0 bridgehead atoms. The van der Waals surface area contributed by atoms with Crippen LogP contribution in [-0.2, 0) is 9.59 Å². The molecule has 2 aliphatic heterocycles. The van der Waals surface area contributed by atoms with Gasteiger partial charge in [0.1, 0.15) is 0 Å². The number of nitrogens with zero attached hydrogens (tertiary/aromatic N) is 4. The Morgan fingerprint density at radius 3 is 2.10 bits per heavy atom. The maximum atomic E-state index is 12.3. The van der Waals surface area contributed by atoms with Gasteiger partial charge in [-0.2, -0.15) is 5.10 Å². The molecule has 2 aromatic carbocycles. The van der Waals surface area contributed by atoms with Crippen LogP contribution in [0, 0.1) is 36.0 Å². The number of fused-ring (bicyclic) bond motifs is 1. The summed E-state index contributed by atoms with van der Waals surface area (Å²) in [6.45, 7) is 4.55. The number of terminal acetylenes is 1. The molecule has 2 aliphatic rings. The molecule has 0 saturated carbocycles. The first-order valence-electron chi connectivity index (χ1n) is 12.7. The van der Waals surface area contributed by atoms with Gasteiger partial charge < -0.3 is 25.7 Å². The maximum absolute atomic E-state index is 12.3. The molecule has 2 saturated heterocycles. The molecule has 4 atom stereocenters. The molecule has 3 amide bonds. The zero-order valence-electron chi connectivity index (χ0n) is 22.8. The van der Waals surface area contributed by atoms with Crippen LogP contribution in [0.25, 0.3) is 16.6 Å². The van der Waals surface area contributed by atoms with Gasteiger partial charge in [-0.1, -0.05) is 63.3 Å². The topological polar surface area (TPSA) is 142 Å². The van der Waals surface area contributed by atoms with E-state index in [0.717, 1.165) is 5.52 Å². The van der Waals surface area contributed by atoms with Crippen molar-refractivity contribution in [3.63, 3.8) is 0 Å². The Bertz CT molecular complexity index is 1610. The number of likely N-dealkylation sites (N-methyl/N-ethyl adjacent to an activating group) is 2. The monoisotopic (exact) mass is 557 g/mol. The summed E-state index contributed by atoms with van der Waals surface area (Å²) in [5, 5.41) is 25.3. The van der Waals surface area contributed by atoms with E-state index in [9.17, 15) is 24.6 Å². The van der Waals surface area contributed by atoms with Crippen molar-refractivity contribution in [1.82, 2.24) is 19.6 Å². The number of aromatic nitrogens is 2. The summed E-state index contributed by atoms with van der Waals surface area (Å²) in [4.78, 5) is 38.2. The van der Waals surface area contributed by atoms with Crippen molar-refractivity contribution in [1.29, 1.82) is 0 Å². The van der Waals surface area contributed by atoms with Gasteiger partial charge in [-0.25, -0.2) is 4.68 Å². The van der Waals surface area contributed by atoms with Crippen LogP contribution in [0.15, 0.2) is 48.5 Å². The van der Waals surface area contributed by atoms with Crippen LogP contribution in [-0.4, -0.2) is 85.9 Å². The number of carbonyl (C=O) groups is 3. The first-order chi connectivity index (χ1) is 18.8. The molecule has 3 heterocycles. The molecule has 4 unspecified atom stereocenters. The fraction of sp³-hybridized carbons (Fsp3) is 0.355. The van der Waals surface area contributed by atoms with Crippen LogP contribution in [0.2, 0.25) is 0 Å². The highest BCUT2D eigenvalue weighted by atomic mass is 16.3. The number of amides is 3. The summed E-state index contributed by atoms with van der Waals surface area (Å²) in [5.74, 6) is 5.98. The van der Waals surface area contributed by atoms with Crippen LogP contribution >= 0.6 is 0 Å². The van der Waals surface area contributed by atoms with E-state index in [1.807, 2.05) is 24.3 Å². The normalized spacial score (nSPS) is 25.1. The van der Waals surface area contributed by atoms with Gasteiger partial charge in [0.2, 0.25) is 11.2 Å². The number of para-hydroxylation sites is 1. The van der Waals surface area contributed by atoms with Crippen LogP contribution < -0.4 is 5.73 Å². The second kappa shape index (κ2) is 11.5. The second-order valence-electron chi connectivity index (χ2n) is 10.3. The molecule has 41 heavy (non-hydrogen) atoms. The van der Waals surface area contributed by atoms with Crippen LogP contribution in [0.4, 0.5) is 0 Å². The maximum Gasteiger partial charge on any atom is 0.269 e. The Labute approximate surface area is 239 Å². The van der Waals surface area contributed by atoms with Gasteiger partial charge in [0, 0.05) is 50.0 Å². The molecule has 5 rings (SSSR count). The van der Waals surface area contributed by atoms with Crippen LogP contribution in [0.1, 0.15) is 37.3 Å². The van der Waals surface area contributed by atoms with Gasteiger partial charge in [-0.05, 0) is 24.3 Å². The Morgan fingerprint density at radius 1 is 1.00 bits per heavy atom. The van der Waals surface area contributed by atoms with Crippen molar-refractivity contribution in [2.75, 3.05) is 27.2 Å². The minimum atomic E-state index is -1.69. The molecule has 2 fully saturated rings.